The van der Waals surface area contributed by atoms with Crippen LogP contribution in [0.2, 0.25) is 0 Å². The van der Waals surface area contributed by atoms with E-state index in [2.05, 4.69) is 39.1 Å². The van der Waals surface area contributed by atoms with Crippen LogP contribution in [0.5, 0.6) is 0 Å². The molecule has 128 valence electrons. The molecule has 0 radical (unpaired) electrons. The largest absolute Gasteiger partial charge is 0.378 e. The van der Waals surface area contributed by atoms with Gasteiger partial charge in [-0.05, 0) is 37.3 Å². The highest BCUT2D eigenvalue weighted by Crippen LogP contribution is 2.30. The van der Waals surface area contributed by atoms with Gasteiger partial charge in [-0.15, -0.1) is 11.8 Å². The fourth-order valence-electron chi connectivity index (χ4n) is 2.40. The molecule has 1 heterocycles. The molecular formula is C17H25BrN2O2S. The highest BCUT2D eigenvalue weighted by Gasteiger charge is 2.19. The number of hydrogen-bond donors (Lipinski definition) is 1. The van der Waals surface area contributed by atoms with Crippen molar-refractivity contribution < 1.29 is 9.53 Å². The number of halogens is 1. The Bertz CT molecular complexity index is 521. The quantitative estimate of drug-likeness (QED) is 0.698. The van der Waals surface area contributed by atoms with Crippen LogP contribution in [-0.4, -0.2) is 43.2 Å². The SMILES string of the molecule is CCCCSC(C)C(=O)Nc1cc(Br)ccc1N1CCOCC1. The molecular weight excluding hydrogens is 376 g/mol. The van der Waals surface area contributed by atoms with Crippen molar-refractivity contribution in [1.29, 1.82) is 0 Å². The van der Waals surface area contributed by atoms with E-state index in [9.17, 15) is 4.79 Å². The lowest BCUT2D eigenvalue weighted by atomic mass is 10.2. The Labute approximate surface area is 151 Å². The molecule has 6 heteroatoms. The van der Waals surface area contributed by atoms with E-state index in [1.165, 1.54) is 0 Å². The van der Waals surface area contributed by atoms with Gasteiger partial charge in [-0.2, -0.15) is 0 Å². The second-order valence-corrected chi connectivity index (χ2v) is 7.98. The molecule has 23 heavy (non-hydrogen) atoms. The number of ether oxygens (including phenoxy) is 1. The number of anilines is 2. The number of nitrogens with zero attached hydrogens (tertiary/aromatic N) is 1. The zero-order chi connectivity index (χ0) is 16.7. The molecule has 1 atom stereocenters. The second-order valence-electron chi connectivity index (χ2n) is 5.62. The van der Waals surface area contributed by atoms with Gasteiger partial charge in [-0.3, -0.25) is 4.79 Å². The summed E-state index contributed by atoms with van der Waals surface area (Å²) in [6.45, 7) is 7.31. The first-order valence-electron chi connectivity index (χ1n) is 8.16. The lowest BCUT2D eigenvalue weighted by molar-refractivity contribution is -0.115. The summed E-state index contributed by atoms with van der Waals surface area (Å²) in [5.74, 6) is 1.10. The van der Waals surface area contributed by atoms with Crippen LogP contribution in [0.25, 0.3) is 0 Å². The Hall–Kier alpha value is -0.720. The summed E-state index contributed by atoms with van der Waals surface area (Å²) in [6.07, 6.45) is 2.31. The van der Waals surface area contributed by atoms with Crippen LogP contribution in [-0.2, 0) is 9.53 Å². The highest BCUT2D eigenvalue weighted by molar-refractivity contribution is 9.10. The van der Waals surface area contributed by atoms with Gasteiger partial charge in [0.15, 0.2) is 0 Å². The molecule has 1 saturated heterocycles. The maximum absolute atomic E-state index is 12.5. The normalized spacial score (nSPS) is 16.2. The number of unbranched alkanes of at least 4 members (excludes halogenated alkanes) is 1. The predicted octanol–water partition coefficient (Wildman–Crippen LogP) is 4.15. The van der Waals surface area contributed by atoms with Crippen molar-refractivity contribution in [3.8, 4) is 0 Å². The lowest BCUT2D eigenvalue weighted by Gasteiger charge is -2.30. The van der Waals surface area contributed by atoms with Crippen molar-refractivity contribution in [2.24, 2.45) is 0 Å². The maximum Gasteiger partial charge on any atom is 0.237 e. The van der Waals surface area contributed by atoms with E-state index >= 15 is 0 Å². The molecule has 1 aliphatic heterocycles. The average Bonchev–Trinajstić information content (AvgIpc) is 2.56. The summed E-state index contributed by atoms with van der Waals surface area (Å²) in [7, 11) is 0. The molecule has 1 fully saturated rings. The molecule has 0 spiro atoms. The van der Waals surface area contributed by atoms with Gasteiger partial charge in [-0.25, -0.2) is 0 Å². The van der Waals surface area contributed by atoms with Crippen molar-refractivity contribution in [2.75, 3.05) is 42.3 Å². The highest BCUT2D eigenvalue weighted by atomic mass is 79.9. The minimum absolute atomic E-state index is 0.0435. The third-order valence-corrected chi connectivity index (χ3v) is 5.53. The first-order valence-corrected chi connectivity index (χ1v) is 10.0. The van der Waals surface area contributed by atoms with Crippen LogP contribution in [0.1, 0.15) is 26.7 Å². The van der Waals surface area contributed by atoms with E-state index < -0.39 is 0 Å². The second kappa shape index (κ2) is 9.55. The molecule has 1 unspecified atom stereocenters. The van der Waals surface area contributed by atoms with Crippen LogP contribution < -0.4 is 10.2 Å². The van der Waals surface area contributed by atoms with E-state index in [0.717, 1.165) is 60.7 Å². The zero-order valence-corrected chi connectivity index (χ0v) is 16.2. The molecule has 2 rings (SSSR count). The number of carbonyl (C=O) groups is 1. The van der Waals surface area contributed by atoms with Crippen molar-refractivity contribution in [2.45, 2.75) is 31.9 Å². The van der Waals surface area contributed by atoms with E-state index in [1.807, 2.05) is 19.1 Å². The third kappa shape index (κ3) is 5.69. The number of amides is 1. The third-order valence-electron chi connectivity index (χ3n) is 3.80. The number of morpholine rings is 1. The zero-order valence-electron chi connectivity index (χ0n) is 13.8. The van der Waals surface area contributed by atoms with Crippen LogP contribution in [0, 0.1) is 0 Å². The van der Waals surface area contributed by atoms with E-state index in [1.54, 1.807) is 11.8 Å². The van der Waals surface area contributed by atoms with Gasteiger partial charge in [0.25, 0.3) is 0 Å². The van der Waals surface area contributed by atoms with E-state index in [-0.39, 0.29) is 11.2 Å². The van der Waals surface area contributed by atoms with Gasteiger partial charge in [0, 0.05) is 17.6 Å². The Morgan fingerprint density at radius 1 is 1.43 bits per heavy atom. The monoisotopic (exact) mass is 400 g/mol. The van der Waals surface area contributed by atoms with Crippen molar-refractivity contribution in [3.05, 3.63) is 22.7 Å². The van der Waals surface area contributed by atoms with Gasteiger partial charge in [0.1, 0.15) is 0 Å². The Kier molecular flexibility index (Phi) is 7.73. The van der Waals surface area contributed by atoms with E-state index in [0.29, 0.717) is 0 Å². The molecule has 1 aliphatic rings. The molecule has 0 saturated carbocycles. The summed E-state index contributed by atoms with van der Waals surface area (Å²) in [5.41, 5.74) is 1.94. The summed E-state index contributed by atoms with van der Waals surface area (Å²) in [4.78, 5) is 14.7. The Morgan fingerprint density at radius 2 is 2.17 bits per heavy atom. The molecule has 1 N–H and O–H groups in total. The van der Waals surface area contributed by atoms with E-state index in [4.69, 9.17) is 4.74 Å². The topological polar surface area (TPSA) is 41.6 Å². The van der Waals surface area contributed by atoms with Crippen LogP contribution in [0.15, 0.2) is 22.7 Å². The van der Waals surface area contributed by atoms with Gasteiger partial charge in [0.2, 0.25) is 5.91 Å². The number of hydrogen-bond acceptors (Lipinski definition) is 4. The van der Waals surface area contributed by atoms with Crippen molar-refractivity contribution >= 4 is 45.0 Å². The number of nitrogens with one attached hydrogen (secondary N) is 1. The molecule has 0 aliphatic carbocycles. The van der Waals surface area contributed by atoms with Crippen molar-refractivity contribution in [3.63, 3.8) is 0 Å². The smallest absolute Gasteiger partial charge is 0.237 e. The molecule has 0 bridgehead atoms. The van der Waals surface area contributed by atoms with Crippen LogP contribution in [0.3, 0.4) is 0 Å². The van der Waals surface area contributed by atoms with Gasteiger partial charge >= 0.3 is 0 Å². The Morgan fingerprint density at radius 3 is 2.87 bits per heavy atom. The number of thioether (sulfide) groups is 1. The first-order chi connectivity index (χ1) is 11.1. The minimum atomic E-state index is -0.0435. The lowest BCUT2D eigenvalue weighted by Crippen LogP contribution is -2.37. The molecule has 1 amide bonds. The van der Waals surface area contributed by atoms with Gasteiger partial charge in [-0.1, -0.05) is 29.3 Å². The fraction of sp³-hybridized carbons (Fsp3) is 0.588. The molecule has 1 aromatic rings. The summed E-state index contributed by atoms with van der Waals surface area (Å²) in [5, 5.41) is 3.06. The minimum Gasteiger partial charge on any atom is -0.378 e. The van der Waals surface area contributed by atoms with Crippen LogP contribution in [0.4, 0.5) is 11.4 Å². The maximum atomic E-state index is 12.5. The average molecular weight is 401 g/mol. The van der Waals surface area contributed by atoms with Crippen molar-refractivity contribution in [1.82, 2.24) is 0 Å². The number of rotatable bonds is 7. The van der Waals surface area contributed by atoms with Gasteiger partial charge < -0.3 is 15.0 Å². The number of benzene rings is 1. The Balaban J connectivity index is 2.05. The van der Waals surface area contributed by atoms with Gasteiger partial charge in [0.05, 0.1) is 29.8 Å². The first kappa shape index (κ1) is 18.6. The predicted molar refractivity (Wildman–Crippen MR) is 103 cm³/mol. The summed E-state index contributed by atoms with van der Waals surface area (Å²) in [6, 6.07) is 6.05. The standard InChI is InChI=1S/C17H25BrN2O2S/c1-3-4-11-23-13(2)17(21)19-15-12-14(18)5-6-16(15)20-7-9-22-10-8-20/h5-6,12-13H,3-4,7-11H2,1-2H3,(H,19,21). The summed E-state index contributed by atoms with van der Waals surface area (Å²) >= 11 is 5.22. The fourth-order valence-corrected chi connectivity index (χ4v) is 3.78. The molecule has 0 aromatic heterocycles. The number of carbonyl (C=O) groups excluding carboxylic acids is 1. The summed E-state index contributed by atoms with van der Waals surface area (Å²) < 4.78 is 6.39. The molecule has 1 aromatic carbocycles. The van der Waals surface area contributed by atoms with Crippen LogP contribution >= 0.6 is 27.7 Å². The molecule has 4 nitrogen and oxygen atoms in total.